The van der Waals surface area contributed by atoms with Crippen molar-refractivity contribution in [3.8, 4) is 11.5 Å². The second-order valence-corrected chi connectivity index (χ2v) is 12.8. The molecule has 0 unspecified atom stereocenters. The first-order valence-electron chi connectivity index (χ1n) is 12.5. The van der Waals surface area contributed by atoms with E-state index >= 15 is 0 Å². The number of aromatic hydroxyl groups is 1. The normalized spacial score (nSPS) is 32.6. The number of esters is 1. The Kier molecular flexibility index (Phi) is 5.24. The zero-order valence-electron chi connectivity index (χ0n) is 20.8. The summed E-state index contributed by atoms with van der Waals surface area (Å²) in [7, 11) is 0.0136. The molecule has 2 aliphatic heterocycles. The van der Waals surface area contributed by atoms with E-state index in [1.54, 1.807) is 13.1 Å². The zero-order valence-corrected chi connectivity index (χ0v) is 21.6. The Morgan fingerprint density at radius 1 is 1.22 bits per heavy atom. The van der Waals surface area contributed by atoms with Crippen molar-refractivity contribution < 1.29 is 27.8 Å². The summed E-state index contributed by atoms with van der Waals surface area (Å²) < 4.78 is 41.5. The van der Waals surface area contributed by atoms with Crippen molar-refractivity contribution in [1.29, 1.82) is 0 Å². The van der Waals surface area contributed by atoms with Gasteiger partial charge in [-0.15, -0.1) is 0 Å². The van der Waals surface area contributed by atoms with Gasteiger partial charge in [0, 0.05) is 19.5 Å². The third-order valence-electron chi connectivity index (χ3n) is 9.08. The third-order valence-corrected chi connectivity index (χ3v) is 10.9. The molecule has 2 aliphatic carbocycles. The Balaban J connectivity index is 1.49. The monoisotopic (exact) mass is 512 g/mol. The second kappa shape index (κ2) is 7.94. The first-order chi connectivity index (χ1) is 17.1. The van der Waals surface area contributed by atoms with Gasteiger partial charge in [-0.1, -0.05) is 36.4 Å². The van der Waals surface area contributed by atoms with E-state index in [0.29, 0.717) is 31.4 Å². The van der Waals surface area contributed by atoms with Crippen LogP contribution in [-0.2, 0) is 37.1 Å². The van der Waals surface area contributed by atoms with Gasteiger partial charge in [-0.25, -0.2) is 8.42 Å². The number of ether oxygens (including phenoxy) is 2. The minimum atomic E-state index is -3.67. The summed E-state index contributed by atoms with van der Waals surface area (Å²) in [5.74, 6) is -0.00304. The van der Waals surface area contributed by atoms with Crippen molar-refractivity contribution >= 4 is 16.0 Å². The first-order valence-corrected chi connectivity index (χ1v) is 14.1. The molecular formula is C27H32N2O6S. The fourth-order valence-corrected chi connectivity index (χ4v) is 9.07. The van der Waals surface area contributed by atoms with Crippen molar-refractivity contribution in [1.82, 2.24) is 9.21 Å². The number of hydrogen-bond donors (Lipinski definition) is 1. The van der Waals surface area contributed by atoms with E-state index in [1.165, 1.54) is 11.2 Å². The minimum Gasteiger partial charge on any atom is -0.504 e. The van der Waals surface area contributed by atoms with Gasteiger partial charge in [-0.2, -0.15) is 4.31 Å². The molecule has 192 valence electrons. The maximum atomic E-state index is 13.6. The molecule has 2 fully saturated rings. The number of hydrogen-bond acceptors (Lipinski definition) is 7. The molecule has 2 aromatic rings. The molecule has 0 amide bonds. The highest BCUT2D eigenvalue weighted by Crippen LogP contribution is 2.67. The molecule has 1 saturated carbocycles. The number of rotatable bonds is 5. The smallest absolute Gasteiger partial charge is 0.303 e. The predicted molar refractivity (Wildman–Crippen MR) is 133 cm³/mol. The predicted octanol–water partition coefficient (Wildman–Crippen LogP) is 2.58. The highest BCUT2D eigenvalue weighted by atomic mass is 32.2. The number of piperidine rings is 1. The number of likely N-dealkylation sites (tertiary alicyclic amines) is 1. The average Bonchev–Trinajstić information content (AvgIpc) is 3.18. The molecule has 8 nitrogen and oxygen atoms in total. The van der Waals surface area contributed by atoms with Crippen LogP contribution in [0.3, 0.4) is 0 Å². The molecule has 0 radical (unpaired) electrons. The second-order valence-electron chi connectivity index (χ2n) is 10.8. The van der Waals surface area contributed by atoms with E-state index in [1.807, 2.05) is 36.4 Å². The van der Waals surface area contributed by atoms with E-state index in [-0.39, 0.29) is 23.5 Å². The van der Waals surface area contributed by atoms with Crippen LogP contribution in [0.1, 0.15) is 42.9 Å². The number of sulfonamides is 1. The zero-order chi connectivity index (χ0) is 25.5. The van der Waals surface area contributed by atoms with Crippen LogP contribution in [0.4, 0.5) is 0 Å². The molecule has 4 aliphatic rings. The number of phenols is 1. The maximum Gasteiger partial charge on any atom is 0.303 e. The third kappa shape index (κ3) is 3.05. The Morgan fingerprint density at radius 2 is 1.97 bits per heavy atom. The van der Waals surface area contributed by atoms with Crippen LogP contribution in [0, 0.1) is 0 Å². The highest BCUT2D eigenvalue weighted by Gasteiger charge is 2.75. The van der Waals surface area contributed by atoms with Gasteiger partial charge in [0.05, 0.1) is 23.3 Å². The van der Waals surface area contributed by atoms with Gasteiger partial charge in [0.1, 0.15) is 11.7 Å². The highest BCUT2D eigenvalue weighted by molar-refractivity contribution is 7.88. The van der Waals surface area contributed by atoms with E-state index < -0.39 is 33.2 Å². The summed E-state index contributed by atoms with van der Waals surface area (Å²) in [6.45, 7) is 2.20. The van der Waals surface area contributed by atoms with Gasteiger partial charge in [-0.3, -0.25) is 9.69 Å². The Bertz CT molecular complexity index is 1330. The van der Waals surface area contributed by atoms with Gasteiger partial charge in [-0.05, 0) is 56.5 Å². The van der Waals surface area contributed by atoms with Gasteiger partial charge in [0.2, 0.25) is 10.0 Å². The lowest BCUT2D eigenvalue weighted by molar-refractivity contribution is -0.218. The van der Waals surface area contributed by atoms with E-state index in [4.69, 9.17) is 9.47 Å². The number of carbonyl (C=O) groups excluding carboxylic acids is 1. The van der Waals surface area contributed by atoms with Crippen molar-refractivity contribution in [2.45, 2.75) is 67.6 Å². The van der Waals surface area contributed by atoms with E-state index in [0.717, 1.165) is 23.2 Å². The van der Waals surface area contributed by atoms with Crippen molar-refractivity contribution in [3.05, 3.63) is 59.2 Å². The van der Waals surface area contributed by atoms with Crippen LogP contribution in [0.25, 0.3) is 0 Å². The molecule has 2 bridgehead atoms. The van der Waals surface area contributed by atoms with Crippen LogP contribution >= 0.6 is 0 Å². The molecule has 1 N–H and O–H groups in total. The molecule has 1 spiro atoms. The summed E-state index contributed by atoms with van der Waals surface area (Å²) in [5, 5.41) is 10.8. The van der Waals surface area contributed by atoms with Gasteiger partial charge < -0.3 is 14.6 Å². The summed E-state index contributed by atoms with van der Waals surface area (Å²) in [6, 6.07) is 12.2. The molecule has 5 atom stereocenters. The van der Waals surface area contributed by atoms with Gasteiger partial charge in [0.15, 0.2) is 11.5 Å². The first kappa shape index (κ1) is 23.8. The summed E-state index contributed by atoms with van der Waals surface area (Å²) in [6.07, 6.45) is 1.74. The van der Waals surface area contributed by atoms with Crippen LogP contribution < -0.4 is 4.74 Å². The fourth-order valence-electron chi connectivity index (χ4n) is 7.63. The Morgan fingerprint density at radius 3 is 2.69 bits per heavy atom. The molecule has 6 rings (SSSR count). The largest absolute Gasteiger partial charge is 0.504 e. The molecule has 2 aromatic carbocycles. The van der Waals surface area contributed by atoms with Crippen molar-refractivity contribution in [3.63, 3.8) is 0 Å². The summed E-state index contributed by atoms with van der Waals surface area (Å²) in [4.78, 5) is 14.8. The van der Waals surface area contributed by atoms with Crippen LogP contribution in [0.5, 0.6) is 11.5 Å². The quantitative estimate of drug-likeness (QED) is 0.615. The van der Waals surface area contributed by atoms with Crippen LogP contribution in [0.15, 0.2) is 42.5 Å². The molecule has 9 heteroatoms. The standard InChI is InChI=1S/C27H32N2O6S/c1-17(30)35-27-12-11-20(29(3)36(32,33)16-18-7-5-4-6-8-18)25-26(27)13-14-28(2)22(27)15-19-9-10-21(31)24(34-25)23(19)26/h4-10,20,22,25,31H,11-16H2,1-3H3/t20-,22+,25-,26-,27+/m0/s1. The SMILES string of the molecule is CC(=O)O[C@@]12CC[C@H](N(C)S(=O)(=O)Cc3ccccc3)[C@@H]3Oc4c(O)ccc5c4[C@@]31CCN(C)[C@@H]2C5. The lowest BCUT2D eigenvalue weighted by atomic mass is 9.48. The number of benzene rings is 2. The van der Waals surface area contributed by atoms with Gasteiger partial charge in [0.25, 0.3) is 0 Å². The topological polar surface area (TPSA) is 96.4 Å². The molecule has 2 heterocycles. The van der Waals surface area contributed by atoms with E-state index in [9.17, 15) is 18.3 Å². The molecule has 0 aromatic heterocycles. The van der Waals surface area contributed by atoms with Crippen molar-refractivity contribution in [2.24, 2.45) is 0 Å². The molecular weight excluding hydrogens is 480 g/mol. The number of carbonyl (C=O) groups is 1. The van der Waals surface area contributed by atoms with Crippen molar-refractivity contribution in [2.75, 3.05) is 20.6 Å². The maximum absolute atomic E-state index is 13.6. The lowest BCUT2D eigenvalue weighted by Crippen LogP contribution is -2.78. The number of nitrogens with zero attached hydrogens (tertiary/aromatic N) is 2. The lowest BCUT2D eigenvalue weighted by Gasteiger charge is -2.65. The Labute approximate surface area is 211 Å². The van der Waals surface area contributed by atoms with Crippen LogP contribution in [0.2, 0.25) is 0 Å². The summed E-state index contributed by atoms with van der Waals surface area (Å²) >= 11 is 0. The molecule has 1 saturated heterocycles. The Hall–Kier alpha value is -2.62. The number of phenolic OH excluding ortho intramolecular Hbond substituents is 1. The number of likely N-dealkylation sites (N-methyl/N-ethyl adjacent to an activating group) is 2. The van der Waals surface area contributed by atoms with E-state index in [2.05, 4.69) is 11.9 Å². The average molecular weight is 513 g/mol. The summed E-state index contributed by atoms with van der Waals surface area (Å²) in [5.41, 5.74) is 1.09. The van der Waals surface area contributed by atoms with Gasteiger partial charge >= 0.3 is 5.97 Å². The molecule has 36 heavy (non-hydrogen) atoms. The van der Waals surface area contributed by atoms with Crippen LogP contribution in [-0.4, -0.2) is 73.1 Å². The fraction of sp³-hybridized carbons (Fsp3) is 0.519. The minimum absolute atomic E-state index is 0.0418.